The first kappa shape index (κ1) is 30.6. The third-order valence-corrected chi connectivity index (χ3v) is 7.66. The lowest BCUT2D eigenvalue weighted by Crippen LogP contribution is -2.39. The molecule has 0 amide bonds. The summed E-state index contributed by atoms with van der Waals surface area (Å²) in [5.41, 5.74) is 6.54. The van der Waals surface area contributed by atoms with Gasteiger partial charge in [0.2, 0.25) is 0 Å². The van der Waals surface area contributed by atoms with Crippen LogP contribution in [-0.4, -0.2) is 49.7 Å². The van der Waals surface area contributed by atoms with Gasteiger partial charge in [0.05, 0.1) is 47.5 Å². The molecule has 0 bridgehead atoms. The highest BCUT2D eigenvalue weighted by atomic mass is 32.3. The van der Waals surface area contributed by atoms with Crippen LogP contribution in [0.1, 0.15) is 36.5 Å². The van der Waals surface area contributed by atoms with Gasteiger partial charge in [-0.15, -0.1) is 0 Å². The van der Waals surface area contributed by atoms with Crippen LogP contribution in [0.25, 0.3) is 0 Å². The molecule has 0 saturated heterocycles. The molecule has 0 aliphatic carbocycles. The molecule has 0 spiro atoms. The molecule has 0 fully saturated rings. The Morgan fingerprint density at radius 3 is 2.23 bits per heavy atom. The number of halogens is 3. The standard InChI is InChI=1S/C29H32F3N3O4S/c1-6-38-28(37)25-24(20-12-10-19(17-33)11-13-20)23(27(36)39-14-15-40(3,4)5)18(2)35(26(25)34)22-9-7-8-21(16-22)29(30,31)32/h7-13,16,24H,6,14-15,34H2,1-5H3. The van der Waals surface area contributed by atoms with Crippen molar-refractivity contribution in [2.75, 3.05) is 42.6 Å². The monoisotopic (exact) mass is 575 g/mol. The summed E-state index contributed by atoms with van der Waals surface area (Å²) < 4.78 is 51.7. The van der Waals surface area contributed by atoms with Crippen LogP contribution in [-0.2, 0) is 25.2 Å². The minimum Gasteiger partial charge on any atom is -0.463 e. The lowest BCUT2D eigenvalue weighted by molar-refractivity contribution is -0.140. The van der Waals surface area contributed by atoms with Gasteiger partial charge >= 0.3 is 18.1 Å². The molecule has 0 saturated carbocycles. The number of carbonyl (C=O) groups is 2. The summed E-state index contributed by atoms with van der Waals surface area (Å²) >= 11 is 0. The number of nitriles is 1. The zero-order valence-corrected chi connectivity index (χ0v) is 23.8. The number of anilines is 1. The van der Waals surface area contributed by atoms with Gasteiger partial charge in [-0.05, 0) is 68.5 Å². The first-order valence-corrected chi connectivity index (χ1v) is 15.4. The summed E-state index contributed by atoms with van der Waals surface area (Å²) in [4.78, 5) is 28.3. The molecular weight excluding hydrogens is 543 g/mol. The van der Waals surface area contributed by atoms with Gasteiger partial charge in [-0.2, -0.15) is 18.4 Å². The number of nitrogens with two attached hydrogens (primary N) is 1. The Hall–Kier alpha value is -3.91. The molecule has 0 aromatic heterocycles. The van der Waals surface area contributed by atoms with Crippen LogP contribution in [0.2, 0.25) is 0 Å². The van der Waals surface area contributed by atoms with Gasteiger partial charge in [0.1, 0.15) is 5.82 Å². The number of benzene rings is 2. The molecule has 3 rings (SSSR count). The summed E-state index contributed by atoms with van der Waals surface area (Å²) in [7, 11) is -0.995. The fraction of sp³-hybridized carbons (Fsp3) is 0.345. The Bertz CT molecular complexity index is 1390. The fourth-order valence-electron chi connectivity index (χ4n) is 4.32. The Labute approximate surface area is 233 Å². The van der Waals surface area contributed by atoms with E-state index in [1.54, 1.807) is 19.1 Å². The van der Waals surface area contributed by atoms with Crippen LogP contribution in [0.3, 0.4) is 0 Å². The number of nitrogens with zero attached hydrogens (tertiary/aromatic N) is 2. The van der Waals surface area contributed by atoms with E-state index in [1.807, 2.05) is 6.07 Å². The third-order valence-electron chi connectivity index (χ3n) is 6.27. The summed E-state index contributed by atoms with van der Waals surface area (Å²) in [5.74, 6) is -2.17. The van der Waals surface area contributed by atoms with Crippen molar-refractivity contribution < 1.29 is 32.2 Å². The van der Waals surface area contributed by atoms with Crippen LogP contribution in [0.4, 0.5) is 18.9 Å². The molecule has 40 heavy (non-hydrogen) atoms. The first-order chi connectivity index (χ1) is 18.7. The van der Waals surface area contributed by atoms with Gasteiger partial charge in [0.25, 0.3) is 0 Å². The van der Waals surface area contributed by atoms with Gasteiger partial charge < -0.3 is 20.1 Å². The lowest BCUT2D eigenvalue weighted by Gasteiger charge is -2.37. The van der Waals surface area contributed by atoms with Crippen molar-refractivity contribution in [1.82, 2.24) is 0 Å². The molecule has 1 heterocycles. The van der Waals surface area contributed by atoms with Crippen molar-refractivity contribution in [3.63, 3.8) is 0 Å². The maximum absolute atomic E-state index is 13.7. The van der Waals surface area contributed by atoms with Crippen molar-refractivity contribution in [3.8, 4) is 6.07 Å². The summed E-state index contributed by atoms with van der Waals surface area (Å²) in [6, 6.07) is 12.7. The number of hydrogen-bond donors (Lipinski definition) is 1. The van der Waals surface area contributed by atoms with Gasteiger partial charge in [-0.3, -0.25) is 0 Å². The Morgan fingerprint density at radius 1 is 1.05 bits per heavy atom. The third kappa shape index (κ3) is 6.80. The smallest absolute Gasteiger partial charge is 0.416 e. The summed E-state index contributed by atoms with van der Waals surface area (Å²) in [5, 5.41) is 9.25. The average molecular weight is 576 g/mol. The largest absolute Gasteiger partial charge is 0.463 e. The second-order valence-corrected chi connectivity index (χ2v) is 14.6. The summed E-state index contributed by atoms with van der Waals surface area (Å²) in [6.07, 6.45) is 1.59. The van der Waals surface area contributed by atoms with Gasteiger partial charge in [-0.1, -0.05) is 18.2 Å². The number of hydrogen-bond acceptors (Lipinski definition) is 7. The number of esters is 2. The zero-order chi connectivity index (χ0) is 29.8. The highest BCUT2D eigenvalue weighted by molar-refractivity contribution is 8.32. The molecule has 1 unspecified atom stereocenters. The number of ether oxygens (including phenoxy) is 2. The van der Waals surface area contributed by atoms with Crippen LogP contribution >= 0.6 is 10.0 Å². The maximum Gasteiger partial charge on any atom is 0.416 e. The molecule has 2 aromatic rings. The minimum atomic E-state index is -4.63. The minimum absolute atomic E-state index is 0.00387. The second-order valence-electron chi connectivity index (χ2n) is 10.00. The van der Waals surface area contributed by atoms with E-state index in [4.69, 9.17) is 15.2 Å². The van der Waals surface area contributed by atoms with E-state index in [0.717, 1.165) is 12.1 Å². The maximum atomic E-state index is 13.7. The van der Waals surface area contributed by atoms with E-state index in [2.05, 4.69) is 18.8 Å². The molecule has 1 aliphatic rings. The number of rotatable bonds is 8. The van der Waals surface area contributed by atoms with E-state index in [-0.39, 0.29) is 41.6 Å². The van der Waals surface area contributed by atoms with E-state index >= 15 is 0 Å². The number of alkyl halides is 3. The Morgan fingerprint density at radius 2 is 1.68 bits per heavy atom. The van der Waals surface area contributed by atoms with E-state index in [0.29, 0.717) is 16.9 Å². The molecule has 7 nitrogen and oxygen atoms in total. The number of carbonyl (C=O) groups excluding carboxylic acids is 2. The van der Waals surface area contributed by atoms with Crippen molar-refractivity contribution in [2.45, 2.75) is 25.9 Å². The zero-order valence-electron chi connectivity index (χ0n) is 23.0. The predicted molar refractivity (Wildman–Crippen MR) is 150 cm³/mol. The molecule has 1 aliphatic heterocycles. The molecule has 2 aromatic carbocycles. The van der Waals surface area contributed by atoms with E-state index in [9.17, 15) is 28.0 Å². The van der Waals surface area contributed by atoms with Crippen molar-refractivity contribution in [2.24, 2.45) is 5.73 Å². The molecular formula is C29H32F3N3O4S. The topological polar surface area (TPSA) is 106 Å². The highest BCUT2D eigenvalue weighted by Crippen LogP contribution is 2.44. The summed E-state index contributed by atoms with van der Waals surface area (Å²) in [6.45, 7) is 3.25. The second kappa shape index (κ2) is 12.1. The molecule has 0 radical (unpaired) electrons. The van der Waals surface area contributed by atoms with Crippen LogP contribution in [0, 0.1) is 11.3 Å². The normalized spacial score (nSPS) is 16.5. The van der Waals surface area contributed by atoms with Crippen molar-refractivity contribution >= 4 is 27.7 Å². The van der Waals surface area contributed by atoms with Gasteiger partial charge in [-0.25, -0.2) is 19.6 Å². The first-order valence-electron chi connectivity index (χ1n) is 12.4. The number of allylic oxidation sites excluding steroid dienone is 1. The van der Waals surface area contributed by atoms with Crippen LogP contribution in [0.15, 0.2) is 71.2 Å². The van der Waals surface area contributed by atoms with Crippen molar-refractivity contribution in [1.29, 1.82) is 5.26 Å². The average Bonchev–Trinajstić information content (AvgIpc) is 2.87. The Kier molecular flexibility index (Phi) is 9.25. The van der Waals surface area contributed by atoms with Gasteiger partial charge in [0, 0.05) is 17.1 Å². The van der Waals surface area contributed by atoms with Crippen LogP contribution < -0.4 is 10.6 Å². The van der Waals surface area contributed by atoms with Crippen LogP contribution in [0.5, 0.6) is 0 Å². The van der Waals surface area contributed by atoms with E-state index in [1.165, 1.54) is 36.1 Å². The predicted octanol–water partition coefficient (Wildman–Crippen LogP) is 5.43. The lowest BCUT2D eigenvalue weighted by atomic mass is 9.80. The van der Waals surface area contributed by atoms with Crippen molar-refractivity contribution in [3.05, 3.63) is 87.9 Å². The Balaban J connectivity index is 2.28. The molecule has 11 heteroatoms. The SMILES string of the molecule is CCOC(=O)C1=C(N)N(c2cccc(C(F)(F)F)c2)C(C)=C(C(=O)OCCS(C)(C)C)C1c1ccc(C#N)cc1. The fourth-order valence-corrected chi connectivity index (χ4v) is 4.90. The van der Waals surface area contributed by atoms with E-state index < -0.39 is 39.6 Å². The highest BCUT2D eigenvalue weighted by Gasteiger charge is 2.42. The molecule has 214 valence electrons. The molecule has 1 atom stereocenters. The molecule has 2 N–H and O–H groups in total. The van der Waals surface area contributed by atoms with Gasteiger partial charge in [0.15, 0.2) is 0 Å². The quantitative estimate of drug-likeness (QED) is 0.419.